The van der Waals surface area contributed by atoms with Crippen molar-refractivity contribution in [3.63, 3.8) is 0 Å². The van der Waals surface area contributed by atoms with Crippen LogP contribution in [-0.4, -0.2) is 20.4 Å². The molecule has 22 heavy (non-hydrogen) atoms. The van der Waals surface area contributed by atoms with E-state index in [0.717, 1.165) is 0 Å². The highest BCUT2D eigenvalue weighted by Crippen LogP contribution is 2.19. The van der Waals surface area contributed by atoms with Gasteiger partial charge in [-0.15, -0.1) is 0 Å². The van der Waals surface area contributed by atoms with Crippen molar-refractivity contribution in [3.05, 3.63) is 59.8 Å². The number of halogens is 1. The Hall–Kier alpha value is -2.89. The number of rotatable bonds is 3. The Morgan fingerprint density at radius 3 is 2.91 bits per heavy atom. The molecule has 112 valence electrons. The van der Waals surface area contributed by atoms with Gasteiger partial charge < -0.3 is 10.4 Å². The third-order valence-electron chi connectivity index (χ3n) is 3.31. The Balaban J connectivity index is 2.04. The highest BCUT2D eigenvalue weighted by molar-refractivity contribution is 6.04. The summed E-state index contributed by atoms with van der Waals surface area (Å²) >= 11 is 0. The fourth-order valence-corrected chi connectivity index (χ4v) is 2.33. The molecule has 3 aromatic rings. The summed E-state index contributed by atoms with van der Waals surface area (Å²) in [6.07, 6.45) is 1.78. The summed E-state index contributed by atoms with van der Waals surface area (Å²) in [6, 6.07) is 9.06. The molecular formula is C16H14FN3O2. The summed E-state index contributed by atoms with van der Waals surface area (Å²) in [5.74, 6) is -0.794. The lowest BCUT2D eigenvalue weighted by molar-refractivity contribution is 0.102. The summed E-state index contributed by atoms with van der Waals surface area (Å²) in [5.41, 5.74) is 1.85. The van der Waals surface area contributed by atoms with Gasteiger partial charge in [-0.05, 0) is 30.7 Å². The first kappa shape index (κ1) is 14.1. The fraction of sp³-hybridized carbons (Fsp3) is 0.125. The number of amides is 1. The monoisotopic (exact) mass is 299 g/mol. The van der Waals surface area contributed by atoms with E-state index in [1.807, 2.05) is 6.92 Å². The molecule has 0 aliphatic heterocycles. The Labute approximate surface area is 126 Å². The van der Waals surface area contributed by atoms with E-state index < -0.39 is 11.7 Å². The number of carbonyl (C=O) groups excluding carboxylic acids is 1. The second-order valence-corrected chi connectivity index (χ2v) is 4.84. The van der Waals surface area contributed by atoms with Gasteiger partial charge in [0.25, 0.3) is 5.91 Å². The predicted octanol–water partition coefficient (Wildman–Crippen LogP) is 2.99. The van der Waals surface area contributed by atoms with E-state index >= 15 is 0 Å². The molecule has 3 rings (SSSR count). The molecule has 0 saturated carbocycles. The van der Waals surface area contributed by atoms with Gasteiger partial charge in [-0.25, -0.2) is 9.37 Å². The molecule has 0 aliphatic rings. The number of aromatic nitrogens is 2. The zero-order valence-electron chi connectivity index (χ0n) is 11.9. The van der Waals surface area contributed by atoms with Crippen LogP contribution in [0.15, 0.2) is 42.6 Å². The number of nitrogens with one attached hydrogen (secondary N) is 1. The van der Waals surface area contributed by atoms with Crippen molar-refractivity contribution in [2.75, 3.05) is 5.32 Å². The van der Waals surface area contributed by atoms with Crippen LogP contribution in [0.5, 0.6) is 5.75 Å². The van der Waals surface area contributed by atoms with Crippen molar-refractivity contribution in [1.82, 2.24) is 9.38 Å². The first-order valence-electron chi connectivity index (χ1n) is 6.85. The molecule has 6 heteroatoms. The predicted molar refractivity (Wildman–Crippen MR) is 80.6 cm³/mol. The van der Waals surface area contributed by atoms with E-state index in [0.29, 0.717) is 29.1 Å². The summed E-state index contributed by atoms with van der Waals surface area (Å²) in [7, 11) is 0. The lowest BCUT2D eigenvalue weighted by Gasteiger charge is -2.07. The number of fused-ring (bicyclic) bond motifs is 1. The number of hydrogen-bond donors (Lipinski definition) is 2. The third kappa shape index (κ3) is 2.50. The van der Waals surface area contributed by atoms with Crippen LogP contribution in [-0.2, 0) is 6.42 Å². The summed E-state index contributed by atoms with van der Waals surface area (Å²) in [4.78, 5) is 16.9. The maximum atomic E-state index is 13.5. The van der Waals surface area contributed by atoms with Crippen molar-refractivity contribution in [3.8, 4) is 5.75 Å². The van der Waals surface area contributed by atoms with Gasteiger partial charge in [0.15, 0.2) is 0 Å². The van der Waals surface area contributed by atoms with E-state index in [1.165, 1.54) is 34.9 Å². The molecule has 5 nitrogen and oxygen atoms in total. The lowest BCUT2D eigenvalue weighted by atomic mass is 10.2. The second-order valence-electron chi connectivity index (χ2n) is 4.84. The van der Waals surface area contributed by atoms with Gasteiger partial charge >= 0.3 is 0 Å². The van der Waals surface area contributed by atoms with Gasteiger partial charge in [0, 0.05) is 18.0 Å². The van der Waals surface area contributed by atoms with E-state index in [4.69, 9.17) is 0 Å². The number of pyridine rings is 1. The molecule has 0 fully saturated rings. The summed E-state index contributed by atoms with van der Waals surface area (Å²) < 4.78 is 14.9. The molecule has 1 aromatic carbocycles. The number of carbonyl (C=O) groups is 1. The number of aromatic hydroxyl groups is 1. The minimum Gasteiger partial charge on any atom is -0.508 e. The SMILES string of the molecule is CCc1nc2ccc(F)cn2c1C(=O)Nc1cccc(O)c1. The normalized spacial score (nSPS) is 10.8. The van der Waals surface area contributed by atoms with E-state index in [-0.39, 0.29) is 5.75 Å². The first-order valence-corrected chi connectivity index (χ1v) is 6.85. The number of anilines is 1. The molecule has 0 atom stereocenters. The lowest BCUT2D eigenvalue weighted by Crippen LogP contribution is -2.16. The minimum absolute atomic E-state index is 0.0534. The van der Waals surface area contributed by atoms with Crippen LogP contribution >= 0.6 is 0 Å². The molecule has 0 bridgehead atoms. The van der Waals surface area contributed by atoms with Crippen LogP contribution in [0.25, 0.3) is 5.65 Å². The quantitative estimate of drug-likeness (QED) is 0.781. The largest absolute Gasteiger partial charge is 0.508 e. The molecule has 0 spiro atoms. The van der Waals surface area contributed by atoms with Crippen molar-refractivity contribution in [2.45, 2.75) is 13.3 Å². The first-order chi connectivity index (χ1) is 10.6. The zero-order valence-corrected chi connectivity index (χ0v) is 11.9. The number of nitrogens with zero attached hydrogens (tertiary/aromatic N) is 2. The smallest absolute Gasteiger partial charge is 0.274 e. The molecule has 2 aromatic heterocycles. The van der Waals surface area contributed by atoms with Gasteiger partial charge in [-0.3, -0.25) is 9.20 Å². The molecule has 0 aliphatic carbocycles. The summed E-state index contributed by atoms with van der Waals surface area (Å²) in [5, 5.41) is 12.1. The van der Waals surface area contributed by atoms with Crippen molar-refractivity contribution >= 4 is 17.2 Å². The van der Waals surface area contributed by atoms with Crippen LogP contribution in [0.1, 0.15) is 23.1 Å². The van der Waals surface area contributed by atoms with Crippen molar-refractivity contribution in [1.29, 1.82) is 0 Å². The molecule has 0 unspecified atom stereocenters. The third-order valence-corrected chi connectivity index (χ3v) is 3.31. The number of hydrogen-bond acceptors (Lipinski definition) is 3. The maximum Gasteiger partial charge on any atom is 0.274 e. The summed E-state index contributed by atoms with van der Waals surface area (Å²) in [6.45, 7) is 1.88. The van der Waals surface area contributed by atoms with E-state index in [1.54, 1.807) is 12.1 Å². The Morgan fingerprint density at radius 1 is 1.36 bits per heavy atom. The van der Waals surface area contributed by atoms with Gasteiger partial charge in [0.05, 0.1) is 5.69 Å². The van der Waals surface area contributed by atoms with Crippen molar-refractivity contribution in [2.24, 2.45) is 0 Å². The van der Waals surface area contributed by atoms with Gasteiger partial charge in [-0.1, -0.05) is 13.0 Å². The molecule has 0 saturated heterocycles. The number of phenolic OH excluding ortho intramolecular Hbond substituents is 1. The fourth-order valence-electron chi connectivity index (χ4n) is 2.33. The Bertz CT molecular complexity index is 858. The van der Waals surface area contributed by atoms with E-state index in [2.05, 4.69) is 10.3 Å². The highest BCUT2D eigenvalue weighted by Gasteiger charge is 2.18. The number of aryl methyl sites for hydroxylation is 1. The average Bonchev–Trinajstić information content (AvgIpc) is 2.85. The van der Waals surface area contributed by atoms with Gasteiger partial charge in [0.2, 0.25) is 0 Å². The van der Waals surface area contributed by atoms with Crippen molar-refractivity contribution < 1.29 is 14.3 Å². The van der Waals surface area contributed by atoms with Crippen LogP contribution in [0, 0.1) is 5.82 Å². The highest BCUT2D eigenvalue weighted by atomic mass is 19.1. The van der Waals surface area contributed by atoms with Crippen LogP contribution < -0.4 is 5.32 Å². The van der Waals surface area contributed by atoms with Crippen LogP contribution in [0.2, 0.25) is 0 Å². The standard InChI is InChI=1S/C16H14FN3O2/c1-2-13-15(20-9-10(17)6-7-14(20)19-13)16(22)18-11-4-3-5-12(21)8-11/h3-9,21H,2H2,1H3,(H,18,22). The number of benzene rings is 1. The Morgan fingerprint density at radius 2 is 2.18 bits per heavy atom. The number of imidazole rings is 1. The molecule has 2 heterocycles. The van der Waals surface area contributed by atoms with E-state index in [9.17, 15) is 14.3 Å². The topological polar surface area (TPSA) is 66.6 Å². The molecular weight excluding hydrogens is 285 g/mol. The number of phenols is 1. The van der Waals surface area contributed by atoms with Crippen LogP contribution in [0.4, 0.5) is 10.1 Å². The molecule has 2 N–H and O–H groups in total. The Kier molecular flexibility index (Phi) is 3.50. The molecule has 0 radical (unpaired) electrons. The maximum absolute atomic E-state index is 13.5. The van der Waals surface area contributed by atoms with Gasteiger partial charge in [-0.2, -0.15) is 0 Å². The van der Waals surface area contributed by atoms with Gasteiger partial charge in [0.1, 0.15) is 22.9 Å². The average molecular weight is 299 g/mol. The minimum atomic E-state index is -0.445. The second kappa shape index (κ2) is 5.48. The molecule has 1 amide bonds. The van der Waals surface area contributed by atoms with Crippen LogP contribution in [0.3, 0.4) is 0 Å². The zero-order chi connectivity index (χ0) is 15.7.